The van der Waals surface area contributed by atoms with Crippen LogP contribution < -0.4 is 20.9 Å². The van der Waals surface area contributed by atoms with Gasteiger partial charge in [0, 0.05) is 45.6 Å². The van der Waals surface area contributed by atoms with Gasteiger partial charge in [-0.05, 0) is 37.4 Å². The van der Waals surface area contributed by atoms with Gasteiger partial charge in [-0.15, -0.1) is 0 Å². The predicted octanol–water partition coefficient (Wildman–Crippen LogP) is 1.27. The molecule has 1 aromatic carbocycles. The Morgan fingerprint density at radius 3 is 2.75 bits per heavy atom. The molecule has 2 unspecified atom stereocenters. The summed E-state index contributed by atoms with van der Waals surface area (Å²) in [6.07, 6.45) is 5.83. The molecule has 0 saturated carbocycles. The van der Waals surface area contributed by atoms with Crippen molar-refractivity contribution >= 4 is 23.6 Å². The normalized spacial score (nSPS) is 24.3. The fourth-order valence-electron chi connectivity index (χ4n) is 4.14. The number of carbonyl (C=O) groups is 3. The summed E-state index contributed by atoms with van der Waals surface area (Å²) in [5, 5.41) is 0. The van der Waals surface area contributed by atoms with E-state index in [0.717, 1.165) is 0 Å². The maximum absolute atomic E-state index is 13.1. The quantitative estimate of drug-likeness (QED) is 0.442. The van der Waals surface area contributed by atoms with Gasteiger partial charge < -0.3 is 35.5 Å². The van der Waals surface area contributed by atoms with Crippen molar-refractivity contribution in [1.82, 2.24) is 9.80 Å². The molecule has 0 aromatic heterocycles. The number of nitrogens with two attached hydrogens (primary N) is 2. The van der Waals surface area contributed by atoms with Crippen LogP contribution in [0.15, 0.2) is 59.1 Å². The molecular weight excluding hydrogens is 466 g/mol. The summed E-state index contributed by atoms with van der Waals surface area (Å²) in [4.78, 5) is 44.8. The molecule has 1 aliphatic carbocycles. The van der Waals surface area contributed by atoms with Crippen LogP contribution in [0.25, 0.3) is 0 Å². The Kier molecular flexibility index (Phi) is 6.73. The zero-order valence-corrected chi connectivity index (χ0v) is 20.4. The number of rotatable bonds is 6. The van der Waals surface area contributed by atoms with Gasteiger partial charge in [0.25, 0.3) is 17.7 Å². The van der Waals surface area contributed by atoms with Crippen LogP contribution in [0.5, 0.6) is 11.5 Å². The van der Waals surface area contributed by atoms with Gasteiger partial charge in [-0.1, -0.05) is 0 Å². The zero-order chi connectivity index (χ0) is 26.0. The molecule has 36 heavy (non-hydrogen) atoms. The average Bonchev–Trinajstić information content (AvgIpc) is 3.13. The number of hydrogen-bond acceptors (Lipinski definition) is 7. The smallest absolute Gasteiger partial charge is 0.263 e. The molecule has 1 fully saturated rings. The van der Waals surface area contributed by atoms with Crippen LogP contribution in [0, 0.1) is 5.41 Å². The lowest BCUT2D eigenvalue weighted by molar-refractivity contribution is -0.134. The molecule has 190 valence electrons. The van der Waals surface area contributed by atoms with Crippen LogP contribution in [0.3, 0.4) is 0 Å². The van der Waals surface area contributed by atoms with Crippen LogP contribution >= 0.6 is 0 Å². The van der Waals surface area contributed by atoms with E-state index in [4.69, 9.17) is 25.7 Å². The van der Waals surface area contributed by atoms with Gasteiger partial charge in [-0.25, -0.2) is 0 Å². The fraction of sp³-hybridized carbons (Fsp3) is 0.360. The topological polar surface area (TPSA) is 150 Å². The molecule has 0 spiro atoms. The molecule has 0 radical (unpaired) electrons. The number of amidine groups is 1. The minimum Gasteiger partial charge on any atom is -0.485 e. The van der Waals surface area contributed by atoms with Gasteiger partial charge >= 0.3 is 0 Å². The van der Waals surface area contributed by atoms with Gasteiger partial charge in [0.2, 0.25) is 0 Å². The largest absolute Gasteiger partial charge is 0.485 e. The van der Waals surface area contributed by atoms with Crippen molar-refractivity contribution in [3.63, 3.8) is 0 Å². The molecule has 11 nitrogen and oxygen atoms in total. The summed E-state index contributed by atoms with van der Waals surface area (Å²) in [6.45, 7) is 2.40. The fourth-order valence-corrected chi connectivity index (χ4v) is 4.14. The molecule has 0 bridgehead atoms. The standard InChI is InChI=1S/C25H29N5O6/c1-25(24(33)28-21(27)6-8-26)12-16(10-17(13-25)36-19-7-9-29(2)23(19)32)35-15-4-5-18-20(11-15)34-14-30(3)22(18)31/h4-6,8,10-12,19H,7,9,13-14,26H2,1-3H3,(H2,27,28,33). The van der Waals surface area contributed by atoms with Crippen LogP contribution in [0.2, 0.25) is 0 Å². The van der Waals surface area contributed by atoms with E-state index in [1.54, 1.807) is 56.3 Å². The van der Waals surface area contributed by atoms with Crippen molar-refractivity contribution in [1.29, 1.82) is 0 Å². The third kappa shape index (κ3) is 5.04. The van der Waals surface area contributed by atoms with Gasteiger partial charge in [0.15, 0.2) is 12.8 Å². The first-order chi connectivity index (χ1) is 17.1. The second-order valence-electron chi connectivity index (χ2n) is 9.14. The lowest BCUT2D eigenvalue weighted by Gasteiger charge is -2.30. The molecule has 2 heterocycles. The number of aliphatic imine (C=N–C) groups is 1. The van der Waals surface area contributed by atoms with Gasteiger partial charge in [0.05, 0.1) is 11.0 Å². The van der Waals surface area contributed by atoms with E-state index in [9.17, 15) is 14.4 Å². The van der Waals surface area contributed by atoms with E-state index in [0.29, 0.717) is 41.5 Å². The third-order valence-electron chi connectivity index (χ3n) is 6.14. The Morgan fingerprint density at radius 1 is 1.28 bits per heavy atom. The Morgan fingerprint density at radius 2 is 2.06 bits per heavy atom. The third-order valence-corrected chi connectivity index (χ3v) is 6.14. The SMILES string of the molecule is CN1COc2cc(OC3=CC(C)(C(=O)N=C(N)C=CN)CC(OC4CCN(C)C4=O)=C3)ccc2C1=O. The number of likely N-dealkylation sites (tertiary alicyclic amines) is 1. The number of allylic oxidation sites excluding steroid dienone is 2. The van der Waals surface area contributed by atoms with Gasteiger partial charge in [-0.3, -0.25) is 14.4 Å². The first kappa shape index (κ1) is 24.8. The van der Waals surface area contributed by atoms with Crippen molar-refractivity contribution in [3.05, 3.63) is 59.7 Å². The highest BCUT2D eigenvalue weighted by Crippen LogP contribution is 2.38. The number of benzene rings is 1. The van der Waals surface area contributed by atoms with Crippen molar-refractivity contribution in [3.8, 4) is 11.5 Å². The molecule has 4 rings (SSSR count). The van der Waals surface area contributed by atoms with Crippen LogP contribution in [-0.2, 0) is 14.3 Å². The first-order valence-corrected chi connectivity index (χ1v) is 11.4. The molecule has 1 aromatic rings. The summed E-state index contributed by atoms with van der Waals surface area (Å²) in [5.74, 6) is 0.683. The number of likely N-dealkylation sites (N-methyl/N-ethyl adjacent to an activating group) is 1. The highest BCUT2D eigenvalue weighted by molar-refractivity contribution is 6.02. The highest BCUT2D eigenvalue weighted by Gasteiger charge is 2.39. The lowest BCUT2D eigenvalue weighted by Crippen LogP contribution is -2.35. The molecule has 11 heteroatoms. The van der Waals surface area contributed by atoms with Gasteiger partial charge in [0.1, 0.15) is 28.9 Å². The summed E-state index contributed by atoms with van der Waals surface area (Å²) in [7, 11) is 3.37. The Hall–Kier alpha value is -4.28. The molecule has 4 N–H and O–H groups in total. The lowest BCUT2D eigenvalue weighted by atomic mass is 9.81. The number of hydrogen-bond donors (Lipinski definition) is 2. The molecule has 1 saturated heterocycles. The van der Waals surface area contributed by atoms with Crippen LogP contribution in [0.4, 0.5) is 0 Å². The van der Waals surface area contributed by atoms with E-state index in [1.807, 2.05) is 0 Å². The maximum Gasteiger partial charge on any atom is 0.263 e. The van der Waals surface area contributed by atoms with Crippen molar-refractivity contribution in [2.45, 2.75) is 25.9 Å². The van der Waals surface area contributed by atoms with Crippen molar-refractivity contribution in [2.24, 2.45) is 21.9 Å². The predicted molar refractivity (Wildman–Crippen MR) is 131 cm³/mol. The van der Waals surface area contributed by atoms with E-state index >= 15 is 0 Å². The van der Waals surface area contributed by atoms with E-state index in [2.05, 4.69) is 4.99 Å². The number of fused-ring (bicyclic) bond motifs is 1. The minimum absolute atomic E-state index is 0.0364. The van der Waals surface area contributed by atoms with E-state index in [-0.39, 0.29) is 30.8 Å². The average molecular weight is 496 g/mol. The molecular formula is C25H29N5O6. The number of nitrogens with zero attached hydrogens (tertiary/aromatic N) is 3. The molecule has 3 amide bonds. The summed E-state index contributed by atoms with van der Waals surface area (Å²) in [6, 6.07) is 4.87. The summed E-state index contributed by atoms with van der Waals surface area (Å²) < 4.78 is 17.7. The Bertz CT molecular complexity index is 1220. The van der Waals surface area contributed by atoms with E-state index < -0.39 is 17.4 Å². The molecule has 2 atom stereocenters. The van der Waals surface area contributed by atoms with Gasteiger partial charge in [-0.2, -0.15) is 4.99 Å². The number of ether oxygens (including phenoxy) is 3. The van der Waals surface area contributed by atoms with Crippen LogP contribution in [0.1, 0.15) is 30.1 Å². The maximum atomic E-state index is 13.1. The first-order valence-electron chi connectivity index (χ1n) is 11.4. The second kappa shape index (κ2) is 9.76. The van der Waals surface area contributed by atoms with Crippen molar-refractivity contribution in [2.75, 3.05) is 27.4 Å². The Balaban J connectivity index is 1.64. The monoisotopic (exact) mass is 495 g/mol. The molecule has 2 aliphatic heterocycles. The summed E-state index contributed by atoms with van der Waals surface area (Å²) >= 11 is 0. The van der Waals surface area contributed by atoms with Crippen molar-refractivity contribution < 1.29 is 28.6 Å². The number of amides is 3. The number of carbonyl (C=O) groups excluding carboxylic acids is 3. The second-order valence-corrected chi connectivity index (χ2v) is 9.14. The van der Waals surface area contributed by atoms with Crippen LogP contribution in [-0.4, -0.2) is 66.8 Å². The highest BCUT2D eigenvalue weighted by atomic mass is 16.5. The Labute approximate surface area is 208 Å². The molecule has 3 aliphatic rings. The summed E-state index contributed by atoms with van der Waals surface area (Å²) in [5.41, 5.74) is 10.4. The minimum atomic E-state index is -1.16. The van der Waals surface area contributed by atoms with E-state index in [1.165, 1.54) is 17.2 Å². The zero-order valence-electron chi connectivity index (χ0n) is 20.4.